The number of nitrogens with zero attached hydrogens (tertiary/aromatic N) is 1. The Morgan fingerprint density at radius 3 is 2.50 bits per heavy atom. The fourth-order valence-electron chi connectivity index (χ4n) is 1.84. The van der Waals surface area contributed by atoms with Gasteiger partial charge in [0.15, 0.2) is 0 Å². The standard InChI is InChI=1S/C18H25NO/c1-17(20)19(2)16-12-7-5-3-4-6-9-13-18-14-10-8-11-15-18/h3,5,7-8,10-12,14-15H,4,6,9,13,16H2,1-2H3/b5-3+,12-7+. The van der Waals surface area contributed by atoms with E-state index in [-0.39, 0.29) is 5.91 Å². The molecule has 1 rings (SSSR count). The molecule has 1 amide bonds. The Labute approximate surface area is 122 Å². The summed E-state index contributed by atoms with van der Waals surface area (Å²) in [5, 5.41) is 0. The summed E-state index contributed by atoms with van der Waals surface area (Å²) in [6.45, 7) is 2.25. The molecule has 0 saturated heterocycles. The number of rotatable bonds is 8. The van der Waals surface area contributed by atoms with Gasteiger partial charge in [-0.05, 0) is 31.2 Å². The molecular formula is C18H25NO. The molecule has 0 heterocycles. The van der Waals surface area contributed by atoms with E-state index >= 15 is 0 Å². The van der Waals surface area contributed by atoms with Crippen molar-refractivity contribution >= 4 is 5.91 Å². The normalized spacial score (nSPS) is 11.3. The van der Waals surface area contributed by atoms with Crippen LogP contribution in [-0.4, -0.2) is 24.4 Å². The highest BCUT2D eigenvalue weighted by Gasteiger charge is 1.96. The molecule has 0 spiro atoms. The van der Waals surface area contributed by atoms with Crippen molar-refractivity contribution in [3.05, 3.63) is 60.2 Å². The van der Waals surface area contributed by atoms with Gasteiger partial charge in [-0.3, -0.25) is 4.79 Å². The SMILES string of the molecule is CC(=O)N(C)C/C=C/C=C/CCCCc1ccccc1. The Kier molecular flexibility index (Phi) is 8.13. The highest BCUT2D eigenvalue weighted by atomic mass is 16.2. The minimum Gasteiger partial charge on any atom is -0.342 e. The number of allylic oxidation sites excluding steroid dienone is 3. The van der Waals surface area contributed by atoms with Gasteiger partial charge in [0, 0.05) is 20.5 Å². The van der Waals surface area contributed by atoms with Crippen LogP contribution >= 0.6 is 0 Å². The van der Waals surface area contributed by atoms with Crippen LogP contribution in [0.3, 0.4) is 0 Å². The van der Waals surface area contributed by atoms with Gasteiger partial charge < -0.3 is 4.90 Å². The van der Waals surface area contributed by atoms with Crippen molar-refractivity contribution in [1.82, 2.24) is 4.90 Å². The number of carbonyl (C=O) groups excluding carboxylic acids is 1. The van der Waals surface area contributed by atoms with Crippen molar-refractivity contribution in [2.75, 3.05) is 13.6 Å². The summed E-state index contributed by atoms with van der Waals surface area (Å²) in [5.74, 6) is 0.0968. The summed E-state index contributed by atoms with van der Waals surface area (Å²) in [4.78, 5) is 12.7. The van der Waals surface area contributed by atoms with E-state index < -0.39 is 0 Å². The van der Waals surface area contributed by atoms with Crippen LogP contribution in [0.4, 0.5) is 0 Å². The molecule has 0 aromatic heterocycles. The Balaban J connectivity index is 2.05. The van der Waals surface area contributed by atoms with E-state index in [2.05, 4.69) is 42.5 Å². The first-order valence-corrected chi connectivity index (χ1v) is 7.27. The molecule has 108 valence electrons. The monoisotopic (exact) mass is 271 g/mol. The van der Waals surface area contributed by atoms with Crippen LogP contribution in [0.5, 0.6) is 0 Å². The van der Waals surface area contributed by atoms with Crippen LogP contribution in [0.2, 0.25) is 0 Å². The number of likely N-dealkylation sites (N-methyl/N-ethyl adjacent to an activating group) is 1. The predicted molar refractivity (Wildman–Crippen MR) is 85.6 cm³/mol. The minimum absolute atomic E-state index is 0.0968. The average Bonchev–Trinajstić information content (AvgIpc) is 2.46. The van der Waals surface area contributed by atoms with Crippen molar-refractivity contribution < 1.29 is 4.79 Å². The van der Waals surface area contributed by atoms with E-state index in [0.717, 1.165) is 12.8 Å². The zero-order valence-electron chi connectivity index (χ0n) is 12.6. The second-order valence-electron chi connectivity index (χ2n) is 4.99. The fourth-order valence-corrected chi connectivity index (χ4v) is 1.84. The van der Waals surface area contributed by atoms with E-state index in [4.69, 9.17) is 0 Å². The summed E-state index contributed by atoms with van der Waals surface area (Å²) < 4.78 is 0. The number of unbranched alkanes of at least 4 members (excludes halogenated alkanes) is 2. The molecule has 1 aromatic rings. The average molecular weight is 271 g/mol. The van der Waals surface area contributed by atoms with Crippen LogP contribution in [0.25, 0.3) is 0 Å². The van der Waals surface area contributed by atoms with Crippen molar-refractivity contribution in [2.24, 2.45) is 0 Å². The van der Waals surface area contributed by atoms with Gasteiger partial charge in [-0.15, -0.1) is 0 Å². The van der Waals surface area contributed by atoms with Crippen molar-refractivity contribution in [3.8, 4) is 0 Å². The molecule has 0 saturated carbocycles. The number of benzene rings is 1. The van der Waals surface area contributed by atoms with Crippen LogP contribution in [0.15, 0.2) is 54.6 Å². The van der Waals surface area contributed by atoms with Crippen molar-refractivity contribution in [2.45, 2.75) is 32.6 Å². The van der Waals surface area contributed by atoms with Gasteiger partial charge >= 0.3 is 0 Å². The molecule has 0 aliphatic carbocycles. The number of hydrogen-bond donors (Lipinski definition) is 0. The Morgan fingerprint density at radius 2 is 1.80 bits per heavy atom. The topological polar surface area (TPSA) is 20.3 Å². The summed E-state index contributed by atoms with van der Waals surface area (Å²) in [6, 6.07) is 10.6. The lowest BCUT2D eigenvalue weighted by Crippen LogP contribution is -2.23. The molecule has 0 radical (unpaired) electrons. The molecule has 0 aliphatic rings. The first-order valence-electron chi connectivity index (χ1n) is 7.27. The first-order chi connectivity index (χ1) is 9.70. The zero-order chi connectivity index (χ0) is 14.6. The lowest BCUT2D eigenvalue weighted by molar-refractivity contribution is -0.127. The zero-order valence-corrected chi connectivity index (χ0v) is 12.6. The van der Waals surface area contributed by atoms with E-state index in [9.17, 15) is 4.79 Å². The van der Waals surface area contributed by atoms with Gasteiger partial charge in [0.2, 0.25) is 5.91 Å². The smallest absolute Gasteiger partial charge is 0.219 e. The third kappa shape index (κ3) is 7.57. The van der Waals surface area contributed by atoms with Gasteiger partial charge in [-0.2, -0.15) is 0 Å². The quantitative estimate of drug-likeness (QED) is 0.517. The predicted octanol–water partition coefficient (Wildman–Crippen LogP) is 3.99. The minimum atomic E-state index is 0.0968. The molecule has 0 bridgehead atoms. The number of carbonyl (C=O) groups is 1. The molecule has 2 heteroatoms. The summed E-state index contributed by atoms with van der Waals surface area (Å²) in [5.41, 5.74) is 1.42. The van der Waals surface area contributed by atoms with Gasteiger partial charge in [0.1, 0.15) is 0 Å². The van der Waals surface area contributed by atoms with Crippen molar-refractivity contribution in [3.63, 3.8) is 0 Å². The maximum absolute atomic E-state index is 11.0. The Hall–Kier alpha value is -1.83. The molecule has 0 unspecified atom stereocenters. The van der Waals surface area contributed by atoms with Crippen LogP contribution in [0, 0.1) is 0 Å². The van der Waals surface area contributed by atoms with Gasteiger partial charge in [0.25, 0.3) is 0 Å². The van der Waals surface area contributed by atoms with E-state index in [1.54, 1.807) is 18.9 Å². The molecule has 0 N–H and O–H groups in total. The summed E-state index contributed by atoms with van der Waals surface area (Å²) >= 11 is 0. The third-order valence-corrected chi connectivity index (χ3v) is 3.23. The first kappa shape index (κ1) is 16.2. The lowest BCUT2D eigenvalue weighted by Gasteiger charge is -2.10. The molecule has 0 aliphatic heterocycles. The lowest BCUT2D eigenvalue weighted by atomic mass is 10.1. The summed E-state index contributed by atoms with van der Waals surface area (Å²) in [7, 11) is 1.81. The second kappa shape index (κ2) is 10.0. The van der Waals surface area contributed by atoms with Crippen LogP contribution in [-0.2, 0) is 11.2 Å². The Morgan fingerprint density at radius 1 is 1.10 bits per heavy atom. The maximum Gasteiger partial charge on any atom is 0.219 e. The highest BCUT2D eigenvalue weighted by Crippen LogP contribution is 2.06. The molecule has 1 aromatic carbocycles. The molecule has 0 fully saturated rings. The van der Waals surface area contributed by atoms with Crippen LogP contribution < -0.4 is 0 Å². The largest absolute Gasteiger partial charge is 0.342 e. The molecule has 20 heavy (non-hydrogen) atoms. The van der Waals surface area contributed by atoms with Crippen molar-refractivity contribution in [1.29, 1.82) is 0 Å². The second-order valence-corrected chi connectivity index (χ2v) is 4.99. The summed E-state index contributed by atoms with van der Waals surface area (Å²) in [6.07, 6.45) is 13.0. The van der Waals surface area contributed by atoms with Gasteiger partial charge in [-0.25, -0.2) is 0 Å². The molecule has 0 atom stereocenters. The number of hydrogen-bond acceptors (Lipinski definition) is 1. The van der Waals surface area contributed by atoms with Crippen LogP contribution in [0.1, 0.15) is 31.7 Å². The third-order valence-electron chi connectivity index (χ3n) is 3.23. The van der Waals surface area contributed by atoms with E-state index in [0.29, 0.717) is 6.54 Å². The fraction of sp³-hybridized carbons (Fsp3) is 0.389. The maximum atomic E-state index is 11.0. The molecular weight excluding hydrogens is 246 g/mol. The number of amides is 1. The molecule has 2 nitrogen and oxygen atoms in total. The van der Waals surface area contributed by atoms with Gasteiger partial charge in [-0.1, -0.05) is 54.6 Å². The highest BCUT2D eigenvalue weighted by molar-refractivity contribution is 5.72. The van der Waals surface area contributed by atoms with E-state index in [1.807, 2.05) is 12.2 Å². The van der Waals surface area contributed by atoms with Gasteiger partial charge in [0.05, 0.1) is 0 Å². The number of aryl methyl sites for hydroxylation is 1. The van der Waals surface area contributed by atoms with E-state index in [1.165, 1.54) is 18.4 Å². The Bertz CT molecular complexity index is 434.